The number of methoxy groups -OCH3 is 3. The third kappa shape index (κ3) is 3.35. The lowest BCUT2D eigenvalue weighted by atomic mass is 9.73. The van der Waals surface area contributed by atoms with Crippen molar-refractivity contribution in [2.75, 3.05) is 21.3 Å². The van der Waals surface area contributed by atoms with Crippen molar-refractivity contribution in [2.24, 2.45) is 0 Å². The Kier molecular flexibility index (Phi) is 5.48. The molecule has 3 aromatic rings. The summed E-state index contributed by atoms with van der Waals surface area (Å²) in [6.45, 7) is 0. The van der Waals surface area contributed by atoms with Crippen LogP contribution in [0.4, 0.5) is 0 Å². The second-order valence-corrected chi connectivity index (χ2v) is 7.20. The number of carbonyl (C=O) groups excluding carboxylic acids is 2. The Bertz CT molecular complexity index is 1090. The van der Waals surface area contributed by atoms with Crippen LogP contribution in [-0.2, 0) is 0 Å². The fraction of sp³-hybridized carbons (Fsp3) is 0.200. The second-order valence-electron chi connectivity index (χ2n) is 7.20. The average Bonchev–Trinajstić information content (AvgIpc) is 2.82. The number of hydrogen-bond donors (Lipinski definition) is 1. The summed E-state index contributed by atoms with van der Waals surface area (Å²) in [5.74, 6) is -0.321. The van der Waals surface area contributed by atoms with Crippen molar-refractivity contribution in [1.29, 1.82) is 0 Å². The molecule has 1 aliphatic rings. The van der Waals surface area contributed by atoms with E-state index in [1.54, 1.807) is 48.5 Å². The predicted molar refractivity (Wildman–Crippen MR) is 115 cm³/mol. The van der Waals surface area contributed by atoms with Gasteiger partial charge in [-0.25, -0.2) is 0 Å². The van der Waals surface area contributed by atoms with E-state index in [1.165, 1.54) is 33.5 Å². The molecule has 0 spiro atoms. The summed E-state index contributed by atoms with van der Waals surface area (Å²) in [6, 6.07) is 17.2. The molecule has 0 radical (unpaired) electrons. The molecule has 4 rings (SSSR count). The first-order valence-corrected chi connectivity index (χ1v) is 9.76. The predicted octanol–water partition coefficient (Wildman–Crippen LogP) is 3.63. The number of Topliss-reactive ketones (excluding diaryl/α,β-unsaturated/α-hetero) is 1. The van der Waals surface area contributed by atoms with Crippen LogP contribution < -0.4 is 14.2 Å². The molecule has 158 valence electrons. The molecule has 31 heavy (non-hydrogen) atoms. The van der Waals surface area contributed by atoms with Gasteiger partial charge < -0.3 is 19.3 Å². The zero-order valence-corrected chi connectivity index (χ0v) is 17.4. The normalized spacial score (nSPS) is 13.7. The summed E-state index contributed by atoms with van der Waals surface area (Å²) in [4.78, 5) is 26.3. The lowest BCUT2D eigenvalue weighted by molar-refractivity contribution is 0.0708. The van der Waals surface area contributed by atoms with Gasteiger partial charge in [-0.15, -0.1) is 0 Å². The molecule has 0 saturated carbocycles. The Morgan fingerprint density at radius 2 is 1.32 bits per heavy atom. The minimum absolute atomic E-state index is 0.116. The summed E-state index contributed by atoms with van der Waals surface area (Å²) in [6.07, 6.45) is -1.42. The molecule has 0 fully saturated rings. The Balaban J connectivity index is 1.82. The molecule has 1 unspecified atom stereocenters. The summed E-state index contributed by atoms with van der Waals surface area (Å²) in [7, 11) is 4.39. The van der Waals surface area contributed by atoms with Crippen LogP contribution in [0, 0.1) is 0 Å². The van der Waals surface area contributed by atoms with Crippen molar-refractivity contribution in [3.63, 3.8) is 0 Å². The smallest absolute Gasteiger partial charge is 0.203 e. The summed E-state index contributed by atoms with van der Waals surface area (Å²) < 4.78 is 16.0. The SMILES string of the molecule is COc1cc(C(=O)C(O)C2c3ccccc3C(=O)c3ccccc32)cc(OC)c1OC. The fourth-order valence-electron chi connectivity index (χ4n) is 4.15. The van der Waals surface area contributed by atoms with Gasteiger partial charge in [0.1, 0.15) is 6.10 Å². The monoisotopic (exact) mass is 418 g/mol. The Morgan fingerprint density at radius 3 is 1.77 bits per heavy atom. The van der Waals surface area contributed by atoms with Crippen LogP contribution in [0.3, 0.4) is 0 Å². The van der Waals surface area contributed by atoms with Gasteiger partial charge in [-0.2, -0.15) is 0 Å². The average molecular weight is 418 g/mol. The molecule has 0 amide bonds. The van der Waals surface area contributed by atoms with E-state index < -0.39 is 17.8 Å². The number of aliphatic hydroxyl groups is 1. The zero-order chi connectivity index (χ0) is 22.1. The Morgan fingerprint density at radius 1 is 0.839 bits per heavy atom. The van der Waals surface area contributed by atoms with Gasteiger partial charge in [0.25, 0.3) is 0 Å². The first kappa shape index (κ1) is 20.6. The first-order valence-electron chi connectivity index (χ1n) is 9.76. The van der Waals surface area contributed by atoms with E-state index in [2.05, 4.69) is 0 Å². The third-order valence-corrected chi connectivity index (χ3v) is 5.61. The van der Waals surface area contributed by atoms with E-state index >= 15 is 0 Å². The van der Waals surface area contributed by atoms with Crippen LogP contribution in [0.5, 0.6) is 17.2 Å². The van der Waals surface area contributed by atoms with Crippen LogP contribution in [0.15, 0.2) is 60.7 Å². The highest BCUT2D eigenvalue weighted by Crippen LogP contribution is 2.42. The van der Waals surface area contributed by atoms with Gasteiger partial charge in [-0.1, -0.05) is 48.5 Å². The largest absolute Gasteiger partial charge is 0.493 e. The number of ketones is 2. The maximum Gasteiger partial charge on any atom is 0.203 e. The molecule has 6 nitrogen and oxygen atoms in total. The number of aliphatic hydroxyl groups excluding tert-OH is 1. The lowest BCUT2D eigenvalue weighted by Gasteiger charge is -2.30. The summed E-state index contributed by atoms with van der Waals surface area (Å²) in [5, 5.41) is 11.3. The highest BCUT2D eigenvalue weighted by molar-refractivity contribution is 6.13. The molecule has 1 aliphatic carbocycles. The first-order chi connectivity index (χ1) is 15.0. The number of benzene rings is 3. The van der Waals surface area contributed by atoms with E-state index in [4.69, 9.17) is 14.2 Å². The molecular weight excluding hydrogens is 396 g/mol. The van der Waals surface area contributed by atoms with Crippen molar-refractivity contribution in [2.45, 2.75) is 12.0 Å². The van der Waals surface area contributed by atoms with Gasteiger partial charge in [-0.05, 0) is 23.3 Å². The Hall–Kier alpha value is -3.64. The molecule has 1 N–H and O–H groups in total. The molecule has 6 heteroatoms. The van der Waals surface area contributed by atoms with Gasteiger partial charge in [0.05, 0.1) is 21.3 Å². The summed E-state index contributed by atoms with van der Waals surface area (Å²) in [5.41, 5.74) is 2.44. The molecular formula is C25H22O6. The van der Waals surface area contributed by atoms with Crippen molar-refractivity contribution in [1.82, 2.24) is 0 Å². The van der Waals surface area contributed by atoms with E-state index in [9.17, 15) is 14.7 Å². The van der Waals surface area contributed by atoms with Crippen LogP contribution >= 0.6 is 0 Å². The standard InChI is InChI=1S/C25H22O6/c1-29-19-12-14(13-20(30-2)25(19)31-3)22(26)24(28)21-15-8-4-6-10-17(15)23(27)18-11-7-5-9-16(18)21/h4-13,21,24,28H,1-3H3. The molecule has 0 saturated heterocycles. The van der Waals surface area contributed by atoms with E-state index in [-0.39, 0.29) is 11.3 Å². The number of hydrogen-bond acceptors (Lipinski definition) is 6. The van der Waals surface area contributed by atoms with Crippen molar-refractivity contribution < 1.29 is 28.9 Å². The number of carbonyl (C=O) groups is 2. The lowest BCUT2D eigenvalue weighted by Crippen LogP contribution is -2.33. The van der Waals surface area contributed by atoms with Crippen LogP contribution in [0.1, 0.15) is 43.3 Å². The number of ether oxygens (including phenoxy) is 3. The van der Waals surface area contributed by atoms with Crippen molar-refractivity contribution >= 4 is 11.6 Å². The molecule has 0 aromatic heterocycles. The molecule has 0 bridgehead atoms. The molecule has 0 aliphatic heterocycles. The minimum atomic E-state index is -1.42. The molecule has 0 heterocycles. The topological polar surface area (TPSA) is 82.1 Å². The van der Waals surface area contributed by atoms with Crippen LogP contribution in [0.2, 0.25) is 0 Å². The minimum Gasteiger partial charge on any atom is -0.493 e. The van der Waals surface area contributed by atoms with E-state index in [0.29, 0.717) is 39.5 Å². The van der Waals surface area contributed by atoms with Gasteiger partial charge in [-0.3, -0.25) is 9.59 Å². The highest BCUT2D eigenvalue weighted by Gasteiger charge is 2.38. The van der Waals surface area contributed by atoms with Gasteiger partial charge in [0, 0.05) is 22.6 Å². The summed E-state index contributed by atoms with van der Waals surface area (Å²) >= 11 is 0. The second kappa shape index (κ2) is 8.24. The van der Waals surface area contributed by atoms with Crippen molar-refractivity contribution in [3.8, 4) is 17.2 Å². The van der Waals surface area contributed by atoms with E-state index in [1.807, 2.05) is 0 Å². The quantitative estimate of drug-likeness (QED) is 0.616. The number of fused-ring (bicyclic) bond motifs is 2. The number of rotatable bonds is 6. The molecule has 1 atom stereocenters. The maximum absolute atomic E-state index is 13.4. The highest BCUT2D eigenvalue weighted by atomic mass is 16.5. The van der Waals surface area contributed by atoms with Gasteiger partial charge in [0.15, 0.2) is 23.1 Å². The van der Waals surface area contributed by atoms with Gasteiger partial charge >= 0.3 is 0 Å². The van der Waals surface area contributed by atoms with Crippen LogP contribution in [-0.4, -0.2) is 44.1 Å². The maximum atomic E-state index is 13.4. The van der Waals surface area contributed by atoms with Gasteiger partial charge in [0.2, 0.25) is 5.75 Å². The van der Waals surface area contributed by atoms with Crippen LogP contribution in [0.25, 0.3) is 0 Å². The third-order valence-electron chi connectivity index (χ3n) is 5.61. The zero-order valence-electron chi connectivity index (χ0n) is 17.4. The molecule has 3 aromatic carbocycles. The van der Waals surface area contributed by atoms with E-state index in [0.717, 1.165) is 0 Å². The fourth-order valence-corrected chi connectivity index (χ4v) is 4.15. The van der Waals surface area contributed by atoms with Crippen molar-refractivity contribution in [3.05, 3.63) is 88.5 Å². The Labute approximate surface area is 180 Å².